The van der Waals surface area contributed by atoms with Gasteiger partial charge in [0, 0.05) is 18.0 Å². The number of hydrogen-bond donors (Lipinski definition) is 2. The smallest absolute Gasteiger partial charge is 0.306 e. The van der Waals surface area contributed by atoms with Crippen LogP contribution in [0.25, 0.3) is 0 Å². The van der Waals surface area contributed by atoms with Gasteiger partial charge in [-0.1, -0.05) is 12.5 Å². The molecule has 1 aromatic carbocycles. The number of carbonyl (C=O) groups is 1. The molecule has 0 spiro atoms. The topological polar surface area (TPSA) is 83.5 Å². The summed E-state index contributed by atoms with van der Waals surface area (Å²) in [5.74, 6) is -1.06. The third kappa shape index (κ3) is 3.97. The maximum Gasteiger partial charge on any atom is 0.306 e. The average Bonchev–Trinajstić information content (AvgIpc) is 2.40. The summed E-state index contributed by atoms with van der Waals surface area (Å²) in [7, 11) is -3.24. The number of carboxylic acids is 1. The van der Waals surface area contributed by atoms with Gasteiger partial charge in [-0.15, -0.1) is 0 Å². The van der Waals surface area contributed by atoms with Crippen molar-refractivity contribution in [3.05, 3.63) is 23.8 Å². The van der Waals surface area contributed by atoms with Gasteiger partial charge in [0.05, 0.1) is 10.8 Å². The molecule has 1 fully saturated rings. The largest absolute Gasteiger partial charge is 0.481 e. The van der Waals surface area contributed by atoms with E-state index in [9.17, 15) is 13.2 Å². The van der Waals surface area contributed by atoms with Crippen LogP contribution in [0.15, 0.2) is 23.1 Å². The van der Waals surface area contributed by atoms with Crippen molar-refractivity contribution in [3.8, 4) is 0 Å². The first kappa shape index (κ1) is 15.8. The van der Waals surface area contributed by atoms with E-state index in [1.54, 1.807) is 18.2 Å². The molecule has 0 amide bonds. The SMILES string of the molecule is Cc1ccc(S(C)(=O)=O)cc1NC1CCCC(C(=O)O)C1. The Hall–Kier alpha value is -1.56. The molecule has 0 heterocycles. The first-order valence-corrected chi connectivity index (χ1v) is 8.96. The molecule has 0 aromatic heterocycles. The van der Waals surface area contributed by atoms with Crippen LogP contribution in [0, 0.1) is 12.8 Å². The maximum absolute atomic E-state index is 11.6. The summed E-state index contributed by atoms with van der Waals surface area (Å²) in [4.78, 5) is 11.4. The lowest BCUT2D eigenvalue weighted by Gasteiger charge is -2.28. The van der Waals surface area contributed by atoms with Crippen molar-refractivity contribution in [1.82, 2.24) is 0 Å². The molecule has 116 valence electrons. The second-order valence-electron chi connectivity index (χ2n) is 5.79. The predicted molar refractivity (Wildman–Crippen MR) is 81.3 cm³/mol. The highest BCUT2D eigenvalue weighted by atomic mass is 32.2. The zero-order valence-corrected chi connectivity index (χ0v) is 13.1. The standard InChI is InChI=1S/C15H21NO4S/c1-10-6-7-13(21(2,19)20)9-14(10)16-12-5-3-4-11(8-12)15(17)18/h6-7,9,11-12,16H,3-5,8H2,1-2H3,(H,17,18). The Labute approximate surface area is 125 Å². The molecule has 2 atom stereocenters. The van der Waals surface area contributed by atoms with Crippen LogP contribution < -0.4 is 5.32 Å². The van der Waals surface area contributed by atoms with Gasteiger partial charge in [0.25, 0.3) is 0 Å². The highest BCUT2D eigenvalue weighted by Crippen LogP contribution is 2.29. The predicted octanol–water partition coefficient (Wildman–Crippen LogP) is 2.45. The second kappa shape index (κ2) is 6.05. The highest BCUT2D eigenvalue weighted by molar-refractivity contribution is 7.90. The Morgan fingerprint density at radius 1 is 1.33 bits per heavy atom. The summed E-state index contributed by atoms with van der Waals surface area (Å²) >= 11 is 0. The fourth-order valence-corrected chi connectivity index (χ4v) is 3.40. The zero-order valence-electron chi connectivity index (χ0n) is 12.3. The molecule has 0 bridgehead atoms. The van der Waals surface area contributed by atoms with E-state index in [0.29, 0.717) is 6.42 Å². The number of anilines is 1. The van der Waals surface area contributed by atoms with Crippen molar-refractivity contribution >= 4 is 21.5 Å². The molecule has 1 aliphatic rings. The van der Waals surface area contributed by atoms with Gasteiger partial charge in [-0.2, -0.15) is 0 Å². The van der Waals surface area contributed by atoms with Crippen LogP contribution in [0.4, 0.5) is 5.69 Å². The van der Waals surface area contributed by atoms with Crippen LogP contribution in [0.2, 0.25) is 0 Å². The molecular weight excluding hydrogens is 290 g/mol. The third-order valence-electron chi connectivity index (χ3n) is 4.02. The maximum atomic E-state index is 11.6. The molecule has 2 N–H and O–H groups in total. The average molecular weight is 311 g/mol. The number of carboxylic acid groups (broad SMARTS) is 1. The Balaban J connectivity index is 2.17. The van der Waals surface area contributed by atoms with E-state index in [0.717, 1.165) is 30.5 Å². The van der Waals surface area contributed by atoms with Gasteiger partial charge in [0.2, 0.25) is 0 Å². The summed E-state index contributed by atoms with van der Waals surface area (Å²) in [5, 5.41) is 12.4. The summed E-state index contributed by atoms with van der Waals surface area (Å²) in [6.07, 6.45) is 4.27. The molecular formula is C15H21NO4S. The Kier molecular flexibility index (Phi) is 4.56. The molecule has 5 nitrogen and oxygen atoms in total. The van der Waals surface area contributed by atoms with Gasteiger partial charge in [-0.3, -0.25) is 4.79 Å². The first-order chi connectivity index (χ1) is 9.77. The number of rotatable bonds is 4. The molecule has 1 aromatic rings. The van der Waals surface area contributed by atoms with Crippen molar-refractivity contribution in [3.63, 3.8) is 0 Å². The van der Waals surface area contributed by atoms with E-state index in [4.69, 9.17) is 5.11 Å². The lowest BCUT2D eigenvalue weighted by atomic mass is 9.85. The van der Waals surface area contributed by atoms with Gasteiger partial charge in [0.15, 0.2) is 9.84 Å². The molecule has 0 aliphatic heterocycles. The van der Waals surface area contributed by atoms with E-state index in [1.807, 2.05) is 6.92 Å². The van der Waals surface area contributed by atoms with Crippen molar-refractivity contribution in [1.29, 1.82) is 0 Å². The Bertz CT molecular complexity index is 639. The summed E-state index contributed by atoms with van der Waals surface area (Å²) in [6.45, 7) is 1.91. The molecule has 0 saturated heterocycles. The third-order valence-corrected chi connectivity index (χ3v) is 5.13. The number of sulfone groups is 1. The van der Waals surface area contributed by atoms with Crippen LogP contribution in [-0.4, -0.2) is 31.8 Å². The minimum Gasteiger partial charge on any atom is -0.481 e. The van der Waals surface area contributed by atoms with Crippen LogP contribution in [0.1, 0.15) is 31.2 Å². The minimum atomic E-state index is -3.24. The molecule has 2 unspecified atom stereocenters. The second-order valence-corrected chi connectivity index (χ2v) is 7.81. The van der Waals surface area contributed by atoms with Crippen LogP contribution in [0.3, 0.4) is 0 Å². The van der Waals surface area contributed by atoms with Gasteiger partial charge >= 0.3 is 5.97 Å². The monoisotopic (exact) mass is 311 g/mol. The summed E-state index contributed by atoms with van der Waals surface area (Å²) in [6, 6.07) is 5.08. The van der Waals surface area contributed by atoms with Crippen molar-refractivity contribution < 1.29 is 18.3 Å². The molecule has 0 radical (unpaired) electrons. The van der Waals surface area contributed by atoms with E-state index in [2.05, 4.69) is 5.32 Å². The highest BCUT2D eigenvalue weighted by Gasteiger charge is 2.27. The van der Waals surface area contributed by atoms with Crippen molar-refractivity contribution in [2.24, 2.45) is 5.92 Å². The lowest BCUT2D eigenvalue weighted by molar-refractivity contribution is -0.142. The van der Waals surface area contributed by atoms with Gasteiger partial charge < -0.3 is 10.4 Å². The normalized spacial score (nSPS) is 22.8. The number of nitrogens with one attached hydrogen (secondary N) is 1. The summed E-state index contributed by atoms with van der Waals surface area (Å²) < 4.78 is 23.2. The molecule has 21 heavy (non-hydrogen) atoms. The minimum absolute atomic E-state index is 0.0772. The van der Waals surface area contributed by atoms with Gasteiger partial charge in [-0.05, 0) is 43.9 Å². The fraction of sp³-hybridized carbons (Fsp3) is 0.533. The fourth-order valence-electron chi connectivity index (χ4n) is 2.75. The number of aliphatic carboxylic acids is 1. The number of benzene rings is 1. The van der Waals surface area contributed by atoms with Gasteiger partial charge in [0.1, 0.15) is 0 Å². The van der Waals surface area contributed by atoms with Crippen molar-refractivity contribution in [2.75, 3.05) is 11.6 Å². The summed E-state index contributed by atoms with van der Waals surface area (Å²) in [5.41, 5.74) is 1.73. The quantitative estimate of drug-likeness (QED) is 0.892. The van der Waals surface area contributed by atoms with Crippen LogP contribution in [0.5, 0.6) is 0 Å². The number of hydrogen-bond acceptors (Lipinski definition) is 4. The lowest BCUT2D eigenvalue weighted by Crippen LogP contribution is -2.31. The van der Waals surface area contributed by atoms with Crippen LogP contribution >= 0.6 is 0 Å². The van der Waals surface area contributed by atoms with E-state index in [1.165, 1.54) is 6.26 Å². The zero-order chi connectivity index (χ0) is 15.6. The first-order valence-electron chi connectivity index (χ1n) is 7.07. The van der Waals surface area contributed by atoms with Crippen molar-refractivity contribution in [2.45, 2.75) is 43.5 Å². The van der Waals surface area contributed by atoms with E-state index >= 15 is 0 Å². The van der Waals surface area contributed by atoms with Crippen LogP contribution in [-0.2, 0) is 14.6 Å². The Morgan fingerprint density at radius 3 is 2.67 bits per heavy atom. The van der Waals surface area contributed by atoms with Gasteiger partial charge in [-0.25, -0.2) is 8.42 Å². The molecule has 6 heteroatoms. The molecule has 1 aliphatic carbocycles. The Morgan fingerprint density at radius 2 is 2.05 bits per heavy atom. The molecule has 2 rings (SSSR count). The molecule has 1 saturated carbocycles. The van der Waals surface area contributed by atoms with E-state index < -0.39 is 15.8 Å². The number of aryl methyl sites for hydroxylation is 1. The van der Waals surface area contributed by atoms with E-state index in [-0.39, 0.29) is 16.9 Å².